The van der Waals surface area contributed by atoms with Crippen molar-refractivity contribution in [3.63, 3.8) is 0 Å². The standard InChI is InChI=1S/C30H39NO8/c1-17-11-25(37-19(3)33)30(16-35-26(34)20-7-6-10-31-14-20)23(8-5-9-29(30)15-36-29)28(17,4)24-13-21-12-22(18(2)32)38-27(21)39-24/h6-7,10,14,17,21-25,27H,5,8-9,11-13,15-16H2,1-4H3/t17-,21-,22-,23-,24?,25+,27+,28+,29+,30+/m1/s1. The minimum atomic E-state index is -0.708. The highest BCUT2D eigenvalue weighted by atomic mass is 16.7. The third-order valence-electron chi connectivity index (χ3n) is 10.8. The summed E-state index contributed by atoms with van der Waals surface area (Å²) >= 11 is 0. The van der Waals surface area contributed by atoms with Gasteiger partial charge in [0.25, 0.3) is 0 Å². The number of rotatable bonds is 6. The van der Waals surface area contributed by atoms with Crippen LogP contribution in [0.4, 0.5) is 0 Å². The Morgan fingerprint density at radius 1 is 1.15 bits per heavy atom. The van der Waals surface area contributed by atoms with Gasteiger partial charge in [0.1, 0.15) is 24.4 Å². The summed E-state index contributed by atoms with van der Waals surface area (Å²) in [5.74, 6) is -0.398. The van der Waals surface area contributed by atoms with Gasteiger partial charge in [0.05, 0.1) is 23.7 Å². The van der Waals surface area contributed by atoms with E-state index in [2.05, 4.69) is 18.8 Å². The van der Waals surface area contributed by atoms with Crippen molar-refractivity contribution in [1.82, 2.24) is 4.98 Å². The number of carbonyl (C=O) groups excluding carboxylic acids is 3. The fraction of sp³-hybridized carbons (Fsp3) is 0.733. The van der Waals surface area contributed by atoms with Crippen molar-refractivity contribution in [2.75, 3.05) is 13.2 Å². The molecule has 1 aromatic rings. The van der Waals surface area contributed by atoms with Gasteiger partial charge < -0.3 is 23.7 Å². The van der Waals surface area contributed by atoms with Gasteiger partial charge in [-0.3, -0.25) is 14.6 Å². The van der Waals surface area contributed by atoms with Crippen LogP contribution in [-0.2, 0) is 33.3 Å². The predicted molar refractivity (Wildman–Crippen MR) is 137 cm³/mol. The van der Waals surface area contributed by atoms with E-state index in [1.54, 1.807) is 25.3 Å². The average molecular weight is 542 g/mol. The van der Waals surface area contributed by atoms with E-state index in [4.69, 9.17) is 23.7 Å². The first-order valence-electron chi connectivity index (χ1n) is 14.3. The maximum atomic E-state index is 13.1. The molecule has 212 valence electrons. The molecule has 0 N–H and O–H groups in total. The fourth-order valence-corrected chi connectivity index (χ4v) is 8.60. The molecule has 2 aliphatic carbocycles. The Kier molecular flexibility index (Phi) is 6.63. The molecule has 0 bridgehead atoms. The molecular weight excluding hydrogens is 502 g/mol. The number of carbonyl (C=O) groups is 3. The summed E-state index contributed by atoms with van der Waals surface area (Å²) < 4.78 is 31.1. The molecule has 9 heteroatoms. The monoisotopic (exact) mass is 541 g/mol. The molecule has 5 fully saturated rings. The van der Waals surface area contributed by atoms with E-state index in [1.807, 2.05) is 0 Å². The number of fused-ring (bicyclic) bond motifs is 3. The number of hydrogen-bond donors (Lipinski definition) is 0. The van der Waals surface area contributed by atoms with Gasteiger partial charge in [-0.25, -0.2) is 4.79 Å². The molecule has 39 heavy (non-hydrogen) atoms. The number of epoxide rings is 1. The van der Waals surface area contributed by atoms with Gasteiger partial charge in [-0.2, -0.15) is 0 Å². The molecule has 5 aliphatic rings. The lowest BCUT2D eigenvalue weighted by Gasteiger charge is -2.64. The third kappa shape index (κ3) is 4.15. The Morgan fingerprint density at radius 3 is 2.59 bits per heavy atom. The number of nitrogens with zero attached hydrogens (tertiary/aromatic N) is 1. The van der Waals surface area contributed by atoms with Crippen LogP contribution in [-0.4, -0.2) is 66.1 Å². The zero-order valence-electron chi connectivity index (χ0n) is 23.2. The van der Waals surface area contributed by atoms with Crippen LogP contribution < -0.4 is 0 Å². The molecule has 0 amide bonds. The average Bonchev–Trinajstić information content (AvgIpc) is 3.38. The summed E-state index contributed by atoms with van der Waals surface area (Å²) in [6.07, 6.45) is 6.59. The molecule has 3 saturated heterocycles. The van der Waals surface area contributed by atoms with Crippen molar-refractivity contribution >= 4 is 17.7 Å². The molecule has 1 spiro atoms. The van der Waals surface area contributed by atoms with Crippen LogP contribution in [0.15, 0.2) is 24.5 Å². The highest BCUT2D eigenvalue weighted by molar-refractivity contribution is 5.89. The number of ketones is 1. The van der Waals surface area contributed by atoms with Crippen molar-refractivity contribution in [3.05, 3.63) is 30.1 Å². The van der Waals surface area contributed by atoms with E-state index in [0.717, 1.165) is 25.7 Å². The van der Waals surface area contributed by atoms with Crippen LogP contribution in [0, 0.1) is 28.6 Å². The molecular formula is C30H39NO8. The van der Waals surface area contributed by atoms with E-state index in [0.29, 0.717) is 25.0 Å². The van der Waals surface area contributed by atoms with Gasteiger partial charge in [0.15, 0.2) is 12.1 Å². The summed E-state index contributed by atoms with van der Waals surface area (Å²) in [5, 5.41) is 0. The largest absolute Gasteiger partial charge is 0.462 e. The SMILES string of the molecule is CC(=O)O[C@H]1C[C@@H](C)[C@](C)(C2C[C@H]3C[C@H](C(C)=O)O[C@H]3O2)[C@H]2CCC[C@]3(CO3)[C@]12COC(=O)c1cccnc1. The van der Waals surface area contributed by atoms with Crippen LogP contribution in [0.1, 0.15) is 76.6 Å². The third-order valence-corrected chi connectivity index (χ3v) is 10.8. The lowest BCUT2D eigenvalue weighted by Crippen LogP contribution is -2.69. The molecule has 6 rings (SSSR count). The molecule has 1 aromatic heterocycles. The van der Waals surface area contributed by atoms with Gasteiger partial charge in [-0.05, 0) is 63.0 Å². The number of esters is 2. The predicted octanol–water partition coefficient (Wildman–Crippen LogP) is 3.88. The topological polar surface area (TPSA) is 114 Å². The van der Waals surface area contributed by atoms with Crippen LogP contribution in [0.25, 0.3) is 0 Å². The van der Waals surface area contributed by atoms with Crippen LogP contribution in [0.5, 0.6) is 0 Å². The molecule has 0 radical (unpaired) electrons. The quantitative estimate of drug-likeness (QED) is 0.391. The van der Waals surface area contributed by atoms with E-state index in [1.165, 1.54) is 13.1 Å². The molecule has 4 heterocycles. The molecule has 1 unspecified atom stereocenters. The smallest absolute Gasteiger partial charge is 0.339 e. The number of Topliss-reactive ketones (excluding diaryl/α,β-unsaturated/α-hetero) is 1. The van der Waals surface area contributed by atoms with Gasteiger partial charge in [-0.15, -0.1) is 0 Å². The molecule has 0 aromatic carbocycles. The summed E-state index contributed by atoms with van der Waals surface area (Å²) in [5.41, 5.74) is -1.15. The number of hydrogen-bond acceptors (Lipinski definition) is 9. The van der Waals surface area contributed by atoms with Crippen molar-refractivity contribution < 1.29 is 38.1 Å². The van der Waals surface area contributed by atoms with Gasteiger partial charge in [0.2, 0.25) is 0 Å². The Labute approximate surface area is 229 Å². The van der Waals surface area contributed by atoms with E-state index in [9.17, 15) is 14.4 Å². The maximum absolute atomic E-state index is 13.1. The highest BCUT2D eigenvalue weighted by Crippen LogP contribution is 2.70. The summed E-state index contributed by atoms with van der Waals surface area (Å²) in [7, 11) is 0. The van der Waals surface area contributed by atoms with Gasteiger partial charge in [-0.1, -0.05) is 20.3 Å². The Balaban J connectivity index is 1.35. The number of ether oxygens (including phenoxy) is 5. The van der Waals surface area contributed by atoms with Crippen LogP contribution >= 0.6 is 0 Å². The lowest BCUT2D eigenvalue weighted by molar-refractivity contribution is -0.255. The zero-order valence-corrected chi connectivity index (χ0v) is 23.2. The summed E-state index contributed by atoms with van der Waals surface area (Å²) in [4.78, 5) is 41.6. The van der Waals surface area contributed by atoms with Gasteiger partial charge in [0, 0.05) is 30.7 Å². The maximum Gasteiger partial charge on any atom is 0.339 e. The van der Waals surface area contributed by atoms with Crippen LogP contribution in [0.3, 0.4) is 0 Å². The van der Waals surface area contributed by atoms with Crippen molar-refractivity contribution in [2.24, 2.45) is 28.6 Å². The minimum absolute atomic E-state index is 0.0171. The molecule has 9 nitrogen and oxygen atoms in total. The minimum Gasteiger partial charge on any atom is -0.462 e. The number of aromatic nitrogens is 1. The lowest BCUT2D eigenvalue weighted by atomic mass is 9.42. The van der Waals surface area contributed by atoms with E-state index in [-0.39, 0.29) is 53.9 Å². The van der Waals surface area contributed by atoms with Crippen molar-refractivity contribution in [2.45, 2.75) is 96.4 Å². The fourth-order valence-electron chi connectivity index (χ4n) is 8.60. The first-order chi connectivity index (χ1) is 18.6. The molecule has 10 atom stereocenters. The molecule has 2 saturated carbocycles. The van der Waals surface area contributed by atoms with Crippen LogP contribution in [0.2, 0.25) is 0 Å². The second kappa shape index (κ2) is 9.63. The second-order valence-electron chi connectivity index (χ2n) is 12.6. The summed E-state index contributed by atoms with van der Waals surface area (Å²) in [6.45, 7) is 8.16. The first kappa shape index (κ1) is 26.8. The summed E-state index contributed by atoms with van der Waals surface area (Å²) in [6, 6.07) is 3.39. The first-order valence-corrected chi connectivity index (χ1v) is 14.3. The molecule has 3 aliphatic heterocycles. The zero-order chi connectivity index (χ0) is 27.6. The number of pyridine rings is 1. The van der Waals surface area contributed by atoms with Crippen molar-refractivity contribution in [3.8, 4) is 0 Å². The Hall–Kier alpha value is -2.36. The second-order valence-corrected chi connectivity index (χ2v) is 12.6. The van der Waals surface area contributed by atoms with Crippen molar-refractivity contribution in [1.29, 1.82) is 0 Å². The van der Waals surface area contributed by atoms with E-state index < -0.39 is 29.2 Å². The van der Waals surface area contributed by atoms with Gasteiger partial charge >= 0.3 is 11.9 Å². The Morgan fingerprint density at radius 2 is 1.95 bits per heavy atom. The Bertz CT molecular complexity index is 1120. The van der Waals surface area contributed by atoms with E-state index >= 15 is 0 Å². The normalized spacial score (nSPS) is 44.4. The highest BCUT2D eigenvalue weighted by Gasteiger charge is 2.76.